The van der Waals surface area contributed by atoms with E-state index in [1.54, 1.807) is 6.20 Å². The van der Waals surface area contributed by atoms with Crippen LogP contribution in [0.25, 0.3) is 0 Å². The Morgan fingerprint density at radius 2 is 2.00 bits per heavy atom. The molecule has 0 bridgehead atoms. The van der Waals surface area contributed by atoms with Gasteiger partial charge in [0.05, 0.1) is 16.8 Å². The molecule has 0 aliphatic rings. The van der Waals surface area contributed by atoms with Crippen molar-refractivity contribution in [3.8, 4) is 5.75 Å². The highest BCUT2D eigenvalue weighted by Crippen LogP contribution is 2.26. The summed E-state index contributed by atoms with van der Waals surface area (Å²) in [7, 11) is 0. The van der Waals surface area contributed by atoms with Gasteiger partial charge in [-0.05, 0) is 61.7 Å². The molecule has 1 aromatic heterocycles. The number of ether oxygens (including phenoxy) is 1. The van der Waals surface area contributed by atoms with Gasteiger partial charge >= 0.3 is 0 Å². The van der Waals surface area contributed by atoms with Gasteiger partial charge in [-0.25, -0.2) is 0 Å². The average Bonchev–Trinajstić information content (AvgIpc) is 2.39. The van der Waals surface area contributed by atoms with Gasteiger partial charge < -0.3 is 9.84 Å². The molecular weight excluding hydrogens is 362 g/mol. The Morgan fingerprint density at radius 1 is 1.17 bits per heavy atom. The standard InChI is InChI=1S/C13H11Br2NO2/c14-10-2-3-11(16-6-10)8-18-13-4-1-9(7-17)5-12(13)15/h1-6,17H,7-8H2. The van der Waals surface area contributed by atoms with Crippen molar-refractivity contribution in [2.75, 3.05) is 0 Å². The minimum atomic E-state index is 0.0210. The van der Waals surface area contributed by atoms with E-state index in [4.69, 9.17) is 9.84 Å². The van der Waals surface area contributed by atoms with Gasteiger partial charge in [-0.15, -0.1) is 0 Å². The molecular formula is C13H11Br2NO2. The van der Waals surface area contributed by atoms with Crippen LogP contribution in [0.15, 0.2) is 45.5 Å². The summed E-state index contributed by atoms with van der Waals surface area (Å²) in [5.41, 5.74) is 1.70. The van der Waals surface area contributed by atoms with Gasteiger partial charge in [-0.2, -0.15) is 0 Å². The second kappa shape index (κ2) is 6.31. The Bertz CT molecular complexity index is 529. The van der Waals surface area contributed by atoms with Crippen LogP contribution in [0.2, 0.25) is 0 Å². The Hall–Kier alpha value is -0.910. The maximum absolute atomic E-state index is 9.01. The average molecular weight is 373 g/mol. The van der Waals surface area contributed by atoms with Crippen molar-refractivity contribution in [2.45, 2.75) is 13.2 Å². The number of aromatic nitrogens is 1. The molecule has 0 amide bonds. The van der Waals surface area contributed by atoms with Crippen molar-refractivity contribution in [1.82, 2.24) is 4.98 Å². The van der Waals surface area contributed by atoms with Gasteiger partial charge in [0.25, 0.3) is 0 Å². The monoisotopic (exact) mass is 371 g/mol. The smallest absolute Gasteiger partial charge is 0.134 e. The molecule has 0 radical (unpaired) electrons. The molecule has 0 aliphatic heterocycles. The number of pyridine rings is 1. The van der Waals surface area contributed by atoms with E-state index in [-0.39, 0.29) is 6.61 Å². The highest BCUT2D eigenvalue weighted by molar-refractivity contribution is 9.10. The number of benzene rings is 1. The zero-order valence-electron chi connectivity index (χ0n) is 9.44. The SMILES string of the molecule is OCc1ccc(OCc2ccc(Br)cn2)c(Br)c1. The summed E-state index contributed by atoms with van der Waals surface area (Å²) < 4.78 is 7.43. The number of rotatable bonds is 4. The summed E-state index contributed by atoms with van der Waals surface area (Å²) in [6.45, 7) is 0.428. The molecule has 0 saturated heterocycles. The number of hydrogen-bond acceptors (Lipinski definition) is 3. The van der Waals surface area contributed by atoms with Crippen molar-refractivity contribution in [3.63, 3.8) is 0 Å². The molecule has 1 N–H and O–H groups in total. The van der Waals surface area contributed by atoms with E-state index in [1.807, 2.05) is 30.3 Å². The van der Waals surface area contributed by atoms with Crippen LogP contribution in [0.3, 0.4) is 0 Å². The van der Waals surface area contributed by atoms with Gasteiger partial charge in [0.15, 0.2) is 0 Å². The van der Waals surface area contributed by atoms with Gasteiger partial charge in [-0.3, -0.25) is 4.98 Å². The van der Waals surface area contributed by atoms with E-state index in [0.29, 0.717) is 6.61 Å². The Morgan fingerprint density at radius 3 is 2.61 bits per heavy atom. The van der Waals surface area contributed by atoms with E-state index < -0.39 is 0 Å². The summed E-state index contributed by atoms with van der Waals surface area (Å²) in [5, 5.41) is 9.01. The minimum Gasteiger partial charge on any atom is -0.486 e. The molecule has 0 aliphatic carbocycles. The molecule has 2 aromatic rings. The van der Waals surface area contributed by atoms with Gasteiger partial charge in [0.1, 0.15) is 12.4 Å². The summed E-state index contributed by atoms with van der Waals surface area (Å²) >= 11 is 6.74. The molecule has 1 aromatic carbocycles. The molecule has 0 spiro atoms. The Balaban J connectivity index is 2.04. The topological polar surface area (TPSA) is 42.4 Å². The molecule has 0 saturated carbocycles. The van der Waals surface area contributed by atoms with Crippen LogP contribution in [0, 0.1) is 0 Å². The molecule has 0 fully saturated rings. The largest absolute Gasteiger partial charge is 0.486 e. The number of aliphatic hydroxyl groups excluding tert-OH is 1. The van der Waals surface area contributed by atoms with Crippen LogP contribution in [-0.2, 0) is 13.2 Å². The first-order chi connectivity index (χ1) is 8.69. The third kappa shape index (κ3) is 3.54. The quantitative estimate of drug-likeness (QED) is 0.890. The second-order valence-electron chi connectivity index (χ2n) is 3.68. The maximum Gasteiger partial charge on any atom is 0.134 e. The minimum absolute atomic E-state index is 0.0210. The lowest BCUT2D eigenvalue weighted by Crippen LogP contribution is -1.98. The maximum atomic E-state index is 9.01. The van der Waals surface area contributed by atoms with Crippen LogP contribution in [0.1, 0.15) is 11.3 Å². The first-order valence-electron chi connectivity index (χ1n) is 5.31. The number of aliphatic hydroxyl groups is 1. The van der Waals surface area contributed by atoms with E-state index in [0.717, 1.165) is 26.0 Å². The van der Waals surface area contributed by atoms with Crippen LogP contribution >= 0.6 is 31.9 Å². The number of nitrogens with zero attached hydrogens (tertiary/aromatic N) is 1. The van der Waals surface area contributed by atoms with Crippen molar-refractivity contribution in [2.24, 2.45) is 0 Å². The van der Waals surface area contributed by atoms with Crippen LogP contribution in [0.5, 0.6) is 5.75 Å². The highest BCUT2D eigenvalue weighted by Gasteiger charge is 2.03. The summed E-state index contributed by atoms with van der Waals surface area (Å²) in [6, 6.07) is 9.32. The number of halogens is 2. The van der Waals surface area contributed by atoms with Crippen molar-refractivity contribution >= 4 is 31.9 Å². The molecule has 0 unspecified atom stereocenters. The lowest BCUT2D eigenvalue weighted by atomic mass is 10.2. The normalized spacial score (nSPS) is 10.4. The van der Waals surface area contributed by atoms with Crippen LogP contribution < -0.4 is 4.74 Å². The fraction of sp³-hybridized carbons (Fsp3) is 0.154. The zero-order chi connectivity index (χ0) is 13.0. The molecule has 3 nitrogen and oxygen atoms in total. The van der Waals surface area contributed by atoms with Crippen molar-refractivity contribution in [3.05, 3.63) is 56.7 Å². The van der Waals surface area contributed by atoms with Crippen LogP contribution in [0.4, 0.5) is 0 Å². The van der Waals surface area contributed by atoms with Crippen molar-refractivity contribution < 1.29 is 9.84 Å². The fourth-order valence-electron chi connectivity index (χ4n) is 1.40. The van der Waals surface area contributed by atoms with E-state index >= 15 is 0 Å². The highest BCUT2D eigenvalue weighted by atomic mass is 79.9. The molecule has 0 atom stereocenters. The Kier molecular flexibility index (Phi) is 4.74. The Labute approximate surface area is 122 Å². The van der Waals surface area contributed by atoms with Gasteiger partial charge in [0.2, 0.25) is 0 Å². The third-order valence-corrected chi connectivity index (χ3v) is 3.43. The van der Waals surface area contributed by atoms with E-state index in [2.05, 4.69) is 36.8 Å². The van der Waals surface area contributed by atoms with Gasteiger partial charge in [-0.1, -0.05) is 6.07 Å². The second-order valence-corrected chi connectivity index (χ2v) is 5.45. The summed E-state index contributed by atoms with van der Waals surface area (Å²) in [5.74, 6) is 0.733. The number of hydrogen-bond donors (Lipinski definition) is 1. The lowest BCUT2D eigenvalue weighted by Gasteiger charge is -2.08. The van der Waals surface area contributed by atoms with Gasteiger partial charge in [0, 0.05) is 10.7 Å². The molecule has 2 rings (SSSR count). The summed E-state index contributed by atoms with van der Waals surface area (Å²) in [6.07, 6.45) is 1.74. The third-order valence-electron chi connectivity index (χ3n) is 2.34. The van der Waals surface area contributed by atoms with E-state index in [9.17, 15) is 0 Å². The fourth-order valence-corrected chi connectivity index (χ4v) is 2.18. The molecule has 1 heterocycles. The van der Waals surface area contributed by atoms with Crippen molar-refractivity contribution in [1.29, 1.82) is 0 Å². The molecule has 18 heavy (non-hydrogen) atoms. The predicted molar refractivity (Wildman–Crippen MR) is 76.3 cm³/mol. The lowest BCUT2D eigenvalue weighted by molar-refractivity contribution is 0.280. The molecule has 5 heteroatoms. The predicted octanol–water partition coefficient (Wildman–Crippen LogP) is 3.68. The van der Waals surface area contributed by atoms with Crippen LogP contribution in [-0.4, -0.2) is 10.1 Å². The first kappa shape index (κ1) is 13.5. The summed E-state index contributed by atoms with van der Waals surface area (Å²) in [4.78, 5) is 4.23. The van der Waals surface area contributed by atoms with E-state index in [1.165, 1.54) is 0 Å². The first-order valence-corrected chi connectivity index (χ1v) is 6.90. The molecule has 94 valence electrons. The zero-order valence-corrected chi connectivity index (χ0v) is 12.6.